The molecule has 0 aliphatic carbocycles. The van der Waals surface area contributed by atoms with Crippen molar-refractivity contribution in [1.82, 2.24) is 19.9 Å². The first-order valence-electron chi connectivity index (χ1n) is 12.6. The SMILES string of the molecule is CCc1[nH]c2nc(Sc3ccc4c(N5CC(CN)C5)cc(C)nc4c3)nc(N3CC[C@H](N)C3)c2c1Cl. The smallest absolute Gasteiger partial charge is 0.196 e. The zero-order valence-corrected chi connectivity index (χ0v) is 22.2. The first-order valence-corrected chi connectivity index (χ1v) is 13.8. The molecule has 3 aromatic heterocycles. The minimum absolute atomic E-state index is 0.144. The quantitative estimate of drug-likeness (QED) is 0.324. The number of hydrogen-bond donors (Lipinski definition) is 3. The Morgan fingerprint density at radius 3 is 2.69 bits per heavy atom. The number of pyridine rings is 1. The molecule has 10 heteroatoms. The molecular formula is C26H31ClN8S. The second-order valence-electron chi connectivity index (χ2n) is 9.89. The molecule has 0 radical (unpaired) electrons. The fourth-order valence-corrected chi connectivity index (χ4v) is 6.37. The lowest BCUT2D eigenvalue weighted by molar-refractivity contribution is 0.421. The molecule has 188 valence electrons. The topological polar surface area (TPSA) is 113 Å². The number of nitrogens with two attached hydrogens (primary N) is 2. The van der Waals surface area contributed by atoms with Gasteiger partial charge in [-0.15, -0.1) is 0 Å². The molecule has 1 aromatic carbocycles. The molecule has 0 saturated carbocycles. The number of anilines is 2. The number of aromatic amines is 1. The van der Waals surface area contributed by atoms with Gasteiger partial charge in [-0.25, -0.2) is 9.97 Å². The van der Waals surface area contributed by atoms with Crippen LogP contribution in [0.1, 0.15) is 24.7 Å². The summed E-state index contributed by atoms with van der Waals surface area (Å²) in [7, 11) is 0. The largest absolute Gasteiger partial charge is 0.370 e. The Labute approximate surface area is 219 Å². The second-order valence-corrected chi connectivity index (χ2v) is 11.3. The first kappa shape index (κ1) is 23.8. The van der Waals surface area contributed by atoms with E-state index in [1.165, 1.54) is 5.69 Å². The van der Waals surface area contributed by atoms with E-state index in [2.05, 4.69) is 46.0 Å². The van der Waals surface area contributed by atoms with Crippen molar-refractivity contribution < 1.29 is 0 Å². The maximum atomic E-state index is 6.75. The van der Waals surface area contributed by atoms with Gasteiger partial charge in [0.15, 0.2) is 5.16 Å². The third kappa shape index (κ3) is 4.18. The average molecular weight is 523 g/mol. The zero-order chi connectivity index (χ0) is 25.0. The number of aryl methyl sites for hydroxylation is 2. The number of aromatic nitrogens is 4. The van der Waals surface area contributed by atoms with Crippen LogP contribution in [0.3, 0.4) is 0 Å². The molecular weight excluding hydrogens is 492 g/mol. The van der Waals surface area contributed by atoms with E-state index in [-0.39, 0.29) is 6.04 Å². The van der Waals surface area contributed by atoms with Crippen LogP contribution in [0, 0.1) is 12.8 Å². The molecule has 0 unspecified atom stereocenters. The minimum atomic E-state index is 0.144. The van der Waals surface area contributed by atoms with Crippen LogP contribution in [-0.4, -0.2) is 58.7 Å². The van der Waals surface area contributed by atoms with E-state index in [1.54, 1.807) is 11.8 Å². The van der Waals surface area contributed by atoms with Crippen molar-refractivity contribution >= 4 is 56.8 Å². The van der Waals surface area contributed by atoms with Crippen molar-refractivity contribution in [2.45, 2.75) is 42.8 Å². The first-order chi connectivity index (χ1) is 17.4. The molecule has 1 atom stereocenters. The monoisotopic (exact) mass is 522 g/mol. The van der Waals surface area contributed by atoms with Gasteiger partial charge in [0.1, 0.15) is 11.5 Å². The third-order valence-corrected chi connectivity index (χ3v) is 8.50. The number of H-pyrrole nitrogens is 1. The van der Waals surface area contributed by atoms with Gasteiger partial charge in [-0.2, -0.15) is 0 Å². The molecule has 2 fully saturated rings. The van der Waals surface area contributed by atoms with Crippen molar-refractivity contribution in [2.24, 2.45) is 17.4 Å². The lowest BCUT2D eigenvalue weighted by Crippen LogP contribution is -2.50. The molecule has 2 aliphatic heterocycles. The minimum Gasteiger partial charge on any atom is -0.370 e. The molecule has 36 heavy (non-hydrogen) atoms. The van der Waals surface area contributed by atoms with E-state index in [0.717, 1.165) is 89.6 Å². The summed E-state index contributed by atoms with van der Waals surface area (Å²) in [5, 5.41) is 3.43. The van der Waals surface area contributed by atoms with Crippen molar-refractivity contribution in [3.8, 4) is 0 Å². The Morgan fingerprint density at radius 1 is 1.14 bits per heavy atom. The number of nitrogens with zero attached hydrogens (tertiary/aromatic N) is 5. The van der Waals surface area contributed by atoms with Gasteiger partial charge in [0.25, 0.3) is 0 Å². The lowest BCUT2D eigenvalue weighted by atomic mass is 9.98. The van der Waals surface area contributed by atoms with Crippen LogP contribution in [0.25, 0.3) is 21.9 Å². The summed E-state index contributed by atoms with van der Waals surface area (Å²) in [6.07, 6.45) is 1.75. The van der Waals surface area contributed by atoms with Crippen molar-refractivity contribution in [3.63, 3.8) is 0 Å². The van der Waals surface area contributed by atoms with Crippen LogP contribution >= 0.6 is 23.4 Å². The molecule has 0 spiro atoms. The molecule has 2 aliphatic rings. The van der Waals surface area contributed by atoms with Crippen molar-refractivity contribution in [3.05, 3.63) is 40.7 Å². The molecule has 0 amide bonds. The van der Waals surface area contributed by atoms with E-state index in [4.69, 9.17) is 38.0 Å². The normalized spacial score (nSPS) is 18.5. The highest BCUT2D eigenvalue weighted by Gasteiger charge is 2.28. The van der Waals surface area contributed by atoms with Gasteiger partial charge in [-0.3, -0.25) is 4.98 Å². The predicted octanol–water partition coefficient (Wildman–Crippen LogP) is 4.11. The van der Waals surface area contributed by atoms with Crippen LogP contribution in [0.2, 0.25) is 5.02 Å². The average Bonchev–Trinajstić information content (AvgIpc) is 3.40. The third-order valence-electron chi connectivity index (χ3n) is 7.23. The summed E-state index contributed by atoms with van der Waals surface area (Å²) in [4.78, 5) is 23.7. The molecule has 4 aromatic rings. The number of rotatable bonds is 6. The number of nitrogens with one attached hydrogen (secondary N) is 1. The molecule has 8 nitrogen and oxygen atoms in total. The highest BCUT2D eigenvalue weighted by molar-refractivity contribution is 7.99. The fraction of sp³-hybridized carbons (Fsp3) is 0.423. The van der Waals surface area contributed by atoms with Gasteiger partial charge in [0.05, 0.1) is 15.9 Å². The van der Waals surface area contributed by atoms with Gasteiger partial charge in [-0.1, -0.05) is 18.5 Å². The summed E-state index contributed by atoms with van der Waals surface area (Å²) in [5.74, 6) is 1.44. The zero-order valence-electron chi connectivity index (χ0n) is 20.6. The van der Waals surface area contributed by atoms with Crippen LogP contribution < -0.4 is 21.3 Å². The Bertz CT molecular complexity index is 1450. The van der Waals surface area contributed by atoms with Gasteiger partial charge < -0.3 is 26.3 Å². The Kier molecular flexibility index (Phi) is 6.19. The van der Waals surface area contributed by atoms with Gasteiger partial charge in [-0.05, 0) is 62.3 Å². The van der Waals surface area contributed by atoms with Crippen LogP contribution in [-0.2, 0) is 6.42 Å². The van der Waals surface area contributed by atoms with E-state index in [0.29, 0.717) is 16.1 Å². The molecule has 5 N–H and O–H groups in total. The fourth-order valence-electron chi connectivity index (χ4n) is 5.23. The maximum Gasteiger partial charge on any atom is 0.196 e. The van der Waals surface area contributed by atoms with Crippen LogP contribution in [0.15, 0.2) is 34.3 Å². The van der Waals surface area contributed by atoms with Crippen molar-refractivity contribution in [1.29, 1.82) is 0 Å². The number of fused-ring (bicyclic) bond motifs is 2. The standard InChI is InChI=1S/C26H31ClN8S/c1-3-19-23(27)22-24(31-19)32-26(33-25(22)34-7-6-16(29)13-34)36-17-4-5-18-20(9-17)30-14(2)8-21(18)35-11-15(10-28)12-35/h4-5,8-9,15-16H,3,6-7,10-13,28-29H2,1-2H3,(H,31,32,33)/t16-/m0/s1. The van der Waals surface area contributed by atoms with Gasteiger partial charge >= 0.3 is 0 Å². The molecule has 2 saturated heterocycles. The second kappa shape index (κ2) is 9.37. The molecule has 0 bridgehead atoms. The maximum absolute atomic E-state index is 6.75. The Hall–Kier alpha value is -2.59. The van der Waals surface area contributed by atoms with Gasteiger partial charge in [0.2, 0.25) is 0 Å². The van der Waals surface area contributed by atoms with E-state index in [9.17, 15) is 0 Å². The molecule has 6 rings (SSSR count). The number of benzene rings is 1. The Balaban J connectivity index is 1.37. The summed E-state index contributed by atoms with van der Waals surface area (Å²) in [6, 6.07) is 8.74. The Morgan fingerprint density at radius 2 is 1.97 bits per heavy atom. The predicted molar refractivity (Wildman–Crippen MR) is 148 cm³/mol. The van der Waals surface area contributed by atoms with Gasteiger partial charge in [0, 0.05) is 65.5 Å². The number of hydrogen-bond acceptors (Lipinski definition) is 8. The van der Waals surface area contributed by atoms with E-state index < -0.39 is 0 Å². The summed E-state index contributed by atoms with van der Waals surface area (Å²) in [6.45, 7) is 8.50. The number of halogens is 1. The van der Waals surface area contributed by atoms with Crippen molar-refractivity contribution in [2.75, 3.05) is 42.5 Å². The van der Waals surface area contributed by atoms with E-state index in [1.807, 2.05) is 6.92 Å². The highest BCUT2D eigenvalue weighted by atomic mass is 35.5. The lowest BCUT2D eigenvalue weighted by Gasteiger charge is -2.41. The highest BCUT2D eigenvalue weighted by Crippen LogP contribution is 2.39. The molecule has 5 heterocycles. The van der Waals surface area contributed by atoms with E-state index >= 15 is 0 Å². The summed E-state index contributed by atoms with van der Waals surface area (Å²) in [5.41, 5.74) is 17.0. The van der Waals surface area contributed by atoms with Crippen LogP contribution in [0.5, 0.6) is 0 Å². The summed E-state index contributed by atoms with van der Waals surface area (Å²) >= 11 is 8.29. The summed E-state index contributed by atoms with van der Waals surface area (Å²) < 4.78 is 0. The van der Waals surface area contributed by atoms with Crippen LogP contribution in [0.4, 0.5) is 11.5 Å².